The molecule has 0 aliphatic carbocycles. The molecule has 5 rings (SSSR count). The lowest BCUT2D eigenvalue weighted by Crippen LogP contribution is -1.87. The third-order valence-electron chi connectivity index (χ3n) is 5.15. The van der Waals surface area contributed by atoms with Gasteiger partial charge in [0.25, 0.3) is 0 Å². The van der Waals surface area contributed by atoms with Crippen LogP contribution in [-0.4, -0.2) is 4.57 Å². The molecule has 1 nitrogen and oxygen atoms in total. The van der Waals surface area contributed by atoms with Crippen LogP contribution < -0.4 is 0 Å². The quantitative estimate of drug-likeness (QED) is 0.341. The highest BCUT2D eigenvalue weighted by Crippen LogP contribution is 2.42. The van der Waals surface area contributed by atoms with Crippen LogP contribution in [0.4, 0.5) is 0 Å². The molecule has 0 amide bonds. The number of aromatic nitrogens is 1. The predicted octanol–water partition coefficient (Wildman–Crippen LogP) is 6.65. The molecule has 2 aromatic heterocycles. The van der Waals surface area contributed by atoms with Gasteiger partial charge in [0.1, 0.15) is 0 Å². The first-order chi connectivity index (χ1) is 11.8. The molecule has 3 aromatic carbocycles. The minimum absolute atomic E-state index is 1.14. The molecule has 5 aromatic rings. The molecule has 2 heterocycles. The minimum Gasteiger partial charge on any atom is -0.344 e. The van der Waals surface area contributed by atoms with Crippen molar-refractivity contribution < 1.29 is 0 Å². The van der Waals surface area contributed by atoms with E-state index in [1.165, 1.54) is 54.0 Å². The van der Waals surface area contributed by atoms with Gasteiger partial charge in [0.2, 0.25) is 0 Å². The second-order valence-corrected chi connectivity index (χ2v) is 7.61. The number of aryl methyl sites for hydroxylation is 2. The van der Waals surface area contributed by atoms with Crippen LogP contribution in [0, 0.1) is 0 Å². The van der Waals surface area contributed by atoms with Crippen molar-refractivity contribution in [2.75, 3.05) is 0 Å². The van der Waals surface area contributed by atoms with Gasteiger partial charge in [-0.3, -0.25) is 0 Å². The lowest BCUT2D eigenvalue weighted by atomic mass is 10.0. The topological polar surface area (TPSA) is 4.93 Å². The van der Waals surface area contributed by atoms with Crippen molar-refractivity contribution in [3.8, 4) is 0 Å². The molecular weight excluding hydrogens is 310 g/mol. The van der Waals surface area contributed by atoms with Crippen LogP contribution in [0.3, 0.4) is 0 Å². The molecule has 0 spiro atoms. The first-order valence-electron chi connectivity index (χ1n) is 8.60. The van der Waals surface area contributed by atoms with Crippen molar-refractivity contribution in [2.45, 2.75) is 19.8 Å². The largest absolute Gasteiger partial charge is 0.344 e. The Morgan fingerprint density at radius 3 is 2.54 bits per heavy atom. The predicted molar refractivity (Wildman–Crippen MR) is 107 cm³/mol. The Labute approximate surface area is 145 Å². The molecule has 0 saturated carbocycles. The third kappa shape index (κ3) is 1.75. The van der Waals surface area contributed by atoms with E-state index in [9.17, 15) is 0 Å². The Morgan fingerprint density at radius 2 is 1.67 bits per heavy atom. The van der Waals surface area contributed by atoms with E-state index in [1.807, 2.05) is 11.3 Å². The Hall–Kier alpha value is -2.32. The molecule has 0 N–H and O–H groups in total. The maximum absolute atomic E-state index is 2.35. The zero-order valence-electron chi connectivity index (χ0n) is 14.0. The van der Waals surface area contributed by atoms with Gasteiger partial charge in [0, 0.05) is 43.5 Å². The first-order valence-corrected chi connectivity index (χ1v) is 9.41. The number of nitrogens with zero attached hydrogens (tertiary/aromatic N) is 1. The minimum atomic E-state index is 1.14. The van der Waals surface area contributed by atoms with Crippen molar-refractivity contribution in [3.05, 3.63) is 60.2 Å². The van der Waals surface area contributed by atoms with Crippen molar-refractivity contribution in [1.82, 2.24) is 4.57 Å². The van der Waals surface area contributed by atoms with Crippen LogP contribution in [0.15, 0.2) is 54.6 Å². The summed E-state index contributed by atoms with van der Waals surface area (Å²) >= 11 is 1.93. The average molecular weight is 329 g/mol. The van der Waals surface area contributed by atoms with E-state index < -0.39 is 0 Å². The summed E-state index contributed by atoms with van der Waals surface area (Å²) in [5.74, 6) is 0. The Balaban J connectivity index is 2.08. The van der Waals surface area contributed by atoms with Crippen molar-refractivity contribution in [1.29, 1.82) is 0 Å². The maximum atomic E-state index is 2.35. The van der Waals surface area contributed by atoms with Crippen molar-refractivity contribution in [2.24, 2.45) is 7.05 Å². The van der Waals surface area contributed by atoms with Gasteiger partial charge in [-0.15, -0.1) is 11.3 Å². The highest BCUT2D eigenvalue weighted by Gasteiger charge is 2.16. The number of thiophene rings is 1. The Morgan fingerprint density at radius 1 is 0.833 bits per heavy atom. The van der Waals surface area contributed by atoms with Crippen LogP contribution in [-0.2, 0) is 13.5 Å². The number of hydrogen-bond donors (Lipinski definition) is 0. The van der Waals surface area contributed by atoms with Gasteiger partial charge in [-0.05, 0) is 30.2 Å². The number of rotatable bonds is 2. The average Bonchev–Trinajstić information content (AvgIpc) is 3.12. The van der Waals surface area contributed by atoms with E-state index in [-0.39, 0.29) is 0 Å². The monoisotopic (exact) mass is 329 g/mol. The van der Waals surface area contributed by atoms with Gasteiger partial charge < -0.3 is 4.57 Å². The van der Waals surface area contributed by atoms with Gasteiger partial charge in [-0.2, -0.15) is 0 Å². The lowest BCUT2D eigenvalue weighted by molar-refractivity contribution is 0.929. The van der Waals surface area contributed by atoms with E-state index in [4.69, 9.17) is 0 Å². The number of hydrogen-bond acceptors (Lipinski definition) is 1. The van der Waals surface area contributed by atoms with E-state index in [0.717, 1.165) is 6.42 Å². The van der Waals surface area contributed by atoms with Crippen LogP contribution >= 0.6 is 11.3 Å². The van der Waals surface area contributed by atoms with Crippen LogP contribution in [0.25, 0.3) is 42.0 Å². The molecular formula is C22H19NS. The molecule has 0 fully saturated rings. The molecule has 0 aliphatic rings. The highest BCUT2D eigenvalue weighted by atomic mass is 32.1. The molecule has 0 saturated heterocycles. The molecule has 2 heteroatoms. The second kappa shape index (κ2) is 5.09. The van der Waals surface area contributed by atoms with Crippen molar-refractivity contribution >= 4 is 53.3 Å². The van der Waals surface area contributed by atoms with E-state index in [1.54, 1.807) is 0 Å². The summed E-state index contributed by atoms with van der Waals surface area (Å²) in [6, 6.07) is 20.1. The first kappa shape index (κ1) is 14.1. The smallest absolute Gasteiger partial charge is 0.0503 e. The van der Waals surface area contributed by atoms with E-state index >= 15 is 0 Å². The highest BCUT2D eigenvalue weighted by molar-refractivity contribution is 7.26. The van der Waals surface area contributed by atoms with Crippen molar-refractivity contribution in [3.63, 3.8) is 0 Å². The fourth-order valence-electron chi connectivity index (χ4n) is 4.06. The fraction of sp³-hybridized carbons (Fsp3) is 0.182. The van der Waals surface area contributed by atoms with Crippen LogP contribution in [0.1, 0.15) is 18.9 Å². The zero-order chi connectivity index (χ0) is 16.3. The summed E-state index contributed by atoms with van der Waals surface area (Å²) < 4.78 is 5.17. The van der Waals surface area contributed by atoms with Gasteiger partial charge in [-0.1, -0.05) is 49.7 Å². The van der Waals surface area contributed by atoms with Gasteiger partial charge in [-0.25, -0.2) is 0 Å². The molecule has 118 valence electrons. The normalized spacial score (nSPS) is 12.1. The zero-order valence-corrected chi connectivity index (χ0v) is 14.8. The molecule has 0 atom stereocenters. The number of fused-ring (bicyclic) bond motifs is 7. The van der Waals surface area contributed by atoms with Gasteiger partial charge >= 0.3 is 0 Å². The summed E-state index contributed by atoms with van der Waals surface area (Å²) in [5, 5.41) is 5.66. The number of benzene rings is 3. The van der Waals surface area contributed by atoms with E-state index in [2.05, 4.69) is 73.1 Å². The molecule has 0 bridgehead atoms. The maximum Gasteiger partial charge on any atom is 0.0503 e. The summed E-state index contributed by atoms with van der Waals surface area (Å²) in [7, 11) is 2.19. The van der Waals surface area contributed by atoms with E-state index in [0.29, 0.717) is 0 Å². The molecule has 0 unspecified atom stereocenters. The summed E-state index contributed by atoms with van der Waals surface area (Å²) in [5.41, 5.74) is 4.17. The van der Waals surface area contributed by atoms with Crippen LogP contribution in [0.5, 0.6) is 0 Å². The fourth-order valence-corrected chi connectivity index (χ4v) is 5.31. The molecule has 0 radical (unpaired) electrons. The second-order valence-electron chi connectivity index (χ2n) is 6.55. The summed E-state index contributed by atoms with van der Waals surface area (Å²) in [6.07, 6.45) is 2.32. The van der Waals surface area contributed by atoms with Crippen LogP contribution in [0.2, 0.25) is 0 Å². The SMILES string of the molecule is CCCc1cccc2c1c1c3sc4ccccc4c3ccc1n2C. The van der Waals surface area contributed by atoms with Gasteiger partial charge in [0.05, 0.1) is 5.52 Å². The lowest BCUT2D eigenvalue weighted by Gasteiger charge is -2.03. The molecule has 0 aliphatic heterocycles. The Bertz CT molecular complexity index is 1220. The third-order valence-corrected chi connectivity index (χ3v) is 6.35. The molecule has 24 heavy (non-hydrogen) atoms. The summed E-state index contributed by atoms with van der Waals surface area (Å²) in [6.45, 7) is 2.26. The Kier molecular flexibility index (Phi) is 2.98. The standard InChI is InChI=1S/C22H19NS/c1-3-7-14-8-6-10-17-20(14)21-18(23(17)2)13-12-16-15-9-4-5-11-19(15)24-22(16)21/h4-6,8-13H,3,7H2,1-2H3. The summed E-state index contributed by atoms with van der Waals surface area (Å²) in [4.78, 5) is 0. The van der Waals surface area contributed by atoms with Gasteiger partial charge in [0.15, 0.2) is 0 Å².